The van der Waals surface area contributed by atoms with Gasteiger partial charge in [0.05, 0.1) is 0 Å². The van der Waals surface area contributed by atoms with Crippen LogP contribution in [0.15, 0.2) is 12.7 Å². The van der Waals surface area contributed by atoms with E-state index in [0.29, 0.717) is 19.4 Å². The molecule has 44 heavy (non-hydrogen) atoms. The summed E-state index contributed by atoms with van der Waals surface area (Å²) in [5.41, 5.74) is -1.46. The average molecular weight is 623 g/mol. The number of carbonyl (C=O) groups is 2. The summed E-state index contributed by atoms with van der Waals surface area (Å²) in [5, 5.41) is 18.8. The van der Waals surface area contributed by atoms with Gasteiger partial charge < -0.3 is 14.9 Å². The van der Waals surface area contributed by atoms with Crippen LogP contribution in [0.3, 0.4) is 0 Å². The number of carboxylic acid groups (broad SMARTS) is 1. The highest BCUT2D eigenvalue weighted by Gasteiger charge is 2.40. The van der Waals surface area contributed by atoms with E-state index in [1.54, 1.807) is 6.08 Å². The number of esters is 1. The summed E-state index contributed by atoms with van der Waals surface area (Å²) in [7, 11) is 0. The molecule has 1 unspecified atom stereocenters. The molecule has 5 nitrogen and oxygen atoms in total. The lowest BCUT2D eigenvalue weighted by Crippen LogP contribution is -2.43. The summed E-state index contributed by atoms with van der Waals surface area (Å²) in [6, 6.07) is 0. The summed E-state index contributed by atoms with van der Waals surface area (Å²) < 4.78 is 5.66. The number of aliphatic carboxylic acids is 1. The molecule has 0 fully saturated rings. The minimum absolute atomic E-state index is 0.164. The minimum Gasteiger partial charge on any atom is -0.478 e. The van der Waals surface area contributed by atoms with Gasteiger partial charge in [-0.3, -0.25) is 4.79 Å². The van der Waals surface area contributed by atoms with Gasteiger partial charge in [-0.05, 0) is 25.7 Å². The Morgan fingerprint density at radius 2 is 0.909 bits per heavy atom. The van der Waals surface area contributed by atoms with Gasteiger partial charge in [-0.15, -0.1) is 6.58 Å². The van der Waals surface area contributed by atoms with E-state index < -0.39 is 11.6 Å². The molecule has 0 saturated carbocycles. The van der Waals surface area contributed by atoms with Gasteiger partial charge >= 0.3 is 11.9 Å². The van der Waals surface area contributed by atoms with Crippen molar-refractivity contribution in [2.24, 2.45) is 0 Å². The van der Waals surface area contributed by atoms with Crippen LogP contribution >= 0.6 is 0 Å². The van der Waals surface area contributed by atoms with Crippen molar-refractivity contribution in [1.82, 2.24) is 0 Å². The van der Waals surface area contributed by atoms with E-state index in [0.717, 1.165) is 51.4 Å². The summed E-state index contributed by atoms with van der Waals surface area (Å²) in [5.74, 6) is -1.42. The van der Waals surface area contributed by atoms with E-state index in [9.17, 15) is 14.7 Å². The van der Waals surface area contributed by atoms with Gasteiger partial charge in [0, 0.05) is 19.4 Å². The summed E-state index contributed by atoms with van der Waals surface area (Å²) in [6.07, 6.45) is 37.9. The molecule has 1 atom stereocenters. The average Bonchev–Trinajstić information content (AvgIpc) is 3.01. The SMILES string of the molecule is C=CCC(CCCCCCCCCCCCCCCC)(OC(=O)CCCCCCCCCCCCCCCCCO)C(=O)O. The largest absolute Gasteiger partial charge is 0.478 e. The normalized spacial score (nSPS) is 12.7. The first-order valence-corrected chi connectivity index (χ1v) is 19.2. The maximum absolute atomic E-state index is 12.6. The van der Waals surface area contributed by atoms with Gasteiger partial charge in [-0.2, -0.15) is 0 Å². The fourth-order valence-corrected chi connectivity index (χ4v) is 6.22. The van der Waals surface area contributed by atoms with Crippen molar-refractivity contribution in [2.45, 2.75) is 218 Å². The van der Waals surface area contributed by atoms with E-state index >= 15 is 0 Å². The zero-order chi connectivity index (χ0) is 32.4. The number of aliphatic hydroxyl groups excluding tert-OH is 1. The summed E-state index contributed by atoms with van der Waals surface area (Å²) in [4.78, 5) is 24.8. The third-order valence-corrected chi connectivity index (χ3v) is 9.15. The standard InChI is InChI=1S/C39H74O5/c1-3-5-6-7-8-9-10-11-16-19-22-25-28-31-35-39(34-4-2,38(42)43)44-37(41)33-30-27-24-21-18-15-13-12-14-17-20-23-26-29-32-36-40/h4,40H,2-3,5-36H2,1H3,(H,42,43). The van der Waals surface area contributed by atoms with E-state index in [-0.39, 0.29) is 12.4 Å². The number of aliphatic hydroxyl groups is 1. The Hall–Kier alpha value is -1.36. The van der Waals surface area contributed by atoms with E-state index in [1.807, 2.05) is 0 Å². The molecule has 0 aromatic rings. The first-order valence-electron chi connectivity index (χ1n) is 19.2. The third kappa shape index (κ3) is 27.0. The van der Waals surface area contributed by atoms with Crippen molar-refractivity contribution >= 4 is 11.9 Å². The van der Waals surface area contributed by atoms with E-state index in [4.69, 9.17) is 9.84 Å². The van der Waals surface area contributed by atoms with Gasteiger partial charge in [-0.25, -0.2) is 4.79 Å². The Labute approximate surface area is 273 Å². The van der Waals surface area contributed by atoms with Gasteiger partial charge in [0.25, 0.3) is 0 Å². The Balaban J connectivity index is 3.89. The van der Waals surface area contributed by atoms with Gasteiger partial charge in [-0.1, -0.05) is 180 Å². The Morgan fingerprint density at radius 3 is 1.25 bits per heavy atom. The fourth-order valence-electron chi connectivity index (χ4n) is 6.22. The van der Waals surface area contributed by atoms with Crippen LogP contribution in [0.25, 0.3) is 0 Å². The predicted molar refractivity (Wildman–Crippen MR) is 187 cm³/mol. The monoisotopic (exact) mass is 623 g/mol. The number of hydrogen-bond acceptors (Lipinski definition) is 4. The topological polar surface area (TPSA) is 83.8 Å². The van der Waals surface area contributed by atoms with Crippen molar-refractivity contribution in [3.8, 4) is 0 Å². The molecular formula is C39H74O5. The third-order valence-electron chi connectivity index (χ3n) is 9.15. The van der Waals surface area contributed by atoms with Crippen LogP contribution in [-0.4, -0.2) is 34.4 Å². The molecule has 0 saturated heterocycles. The Morgan fingerprint density at radius 1 is 0.568 bits per heavy atom. The highest BCUT2D eigenvalue weighted by atomic mass is 16.6. The Kier molecular flexibility index (Phi) is 32.0. The lowest BCUT2D eigenvalue weighted by molar-refractivity contribution is -0.179. The molecular weight excluding hydrogens is 548 g/mol. The number of rotatable bonds is 36. The second kappa shape index (κ2) is 33.0. The smallest absolute Gasteiger partial charge is 0.348 e. The zero-order valence-corrected chi connectivity index (χ0v) is 29.2. The fraction of sp³-hybridized carbons (Fsp3) is 0.897. The van der Waals surface area contributed by atoms with E-state index in [2.05, 4.69) is 13.5 Å². The van der Waals surface area contributed by atoms with Gasteiger partial charge in [0.15, 0.2) is 0 Å². The molecule has 0 aliphatic rings. The molecule has 0 aromatic carbocycles. The molecule has 2 N–H and O–H groups in total. The number of hydrogen-bond donors (Lipinski definition) is 2. The van der Waals surface area contributed by atoms with Crippen LogP contribution in [0.1, 0.15) is 212 Å². The molecule has 5 heteroatoms. The van der Waals surface area contributed by atoms with Crippen molar-refractivity contribution in [1.29, 1.82) is 0 Å². The highest BCUT2D eigenvalue weighted by molar-refractivity contribution is 5.82. The molecule has 260 valence electrons. The lowest BCUT2D eigenvalue weighted by Gasteiger charge is -2.28. The predicted octanol–water partition coefficient (Wildman–Crippen LogP) is 12.0. The number of unbranched alkanes of at least 4 members (excludes halogenated alkanes) is 27. The van der Waals surface area contributed by atoms with Crippen LogP contribution in [0.2, 0.25) is 0 Å². The van der Waals surface area contributed by atoms with Crippen LogP contribution in [-0.2, 0) is 14.3 Å². The second-order valence-corrected chi connectivity index (χ2v) is 13.4. The zero-order valence-electron chi connectivity index (χ0n) is 29.2. The Bertz CT molecular complexity index is 648. The lowest BCUT2D eigenvalue weighted by atomic mass is 9.91. The van der Waals surface area contributed by atoms with Crippen molar-refractivity contribution in [3.63, 3.8) is 0 Å². The maximum atomic E-state index is 12.6. The first-order chi connectivity index (χ1) is 21.5. The quantitative estimate of drug-likeness (QED) is 0.0412. The maximum Gasteiger partial charge on any atom is 0.348 e. The van der Waals surface area contributed by atoms with Gasteiger partial charge in [0.1, 0.15) is 0 Å². The van der Waals surface area contributed by atoms with Crippen molar-refractivity contribution in [3.05, 3.63) is 12.7 Å². The van der Waals surface area contributed by atoms with Crippen LogP contribution in [0.5, 0.6) is 0 Å². The molecule has 0 aliphatic carbocycles. The summed E-state index contributed by atoms with van der Waals surface area (Å²) in [6.45, 7) is 6.33. The molecule has 0 heterocycles. The number of ether oxygens (including phenoxy) is 1. The molecule has 0 aromatic heterocycles. The number of carboxylic acids is 1. The minimum atomic E-state index is -1.46. The van der Waals surface area contributed by atoms with Crippen LogP contribution < -0.4 is 0 Å². The number of carbonyl (C=O) groups excluding carboxylic acids is 1. The first kappa shape index (κ1) is 42.6. The molecule has 0 bridgehead atoms. The molecule has 0 spiro atoms. The van der Waals surface area contributed by atoms with Crippen molar-refractivity contribution in [2.75, 3.05) is 6.61 Å². The van der Waals surface area contributed by atoms with Crippen LogP contribution in [0.4, 0.5) is 0 Å². The molecule has 0 rings (SSSR count). The highest BCUT2D eigenvalue weighted by Crippen LogP contribution is 2.27. The van der Waals surface area contributed by atoms with Crippen LogP contribution in [0, 0.1) is 0 Å². The van der Waals surface area contributed by atoms with Gasteiger partial charge in [0.2, 0.25) is 5.60 Å². The van der Waals surface area contributed by atoms with E-state index in [1.165, 1.54) is 135 Å². The van der Waals surface area contributed by atoms with Crippen molar-refractivity contribution < 1.29 is 24.5 Å². The second-order valence-electron chi connectivity index (χ2n) is 13.4. The summed E-state index contributed by atoms with van der Waals surface area (Å²) >= 11 is 0. The molecule has 0 radical (unpaired) electrons. The molecule has 0 amide bonds. The molecule has 0 aliphatic heterocycles.